The zero-order valence-electron chi connectivity index (χ0n) is 16.1. The highest BCUT2D eigenvalue weighted by atomic mass is 16.7. The fraction of sp³-hybridized carbons (Fsp3) is 0.571. The van der Waals surface area contributed by atoms with Crippen LogP contribution in [0.3, 0.4) is 0 Å². The number of nitrogens with zero attached hydrogens (tertiary/aromatic N) is 1. The first-order valence-electron chi connectivity index (χ1n) is 9.62. The molecule has 1 fully saturated rings. The van der Waals surface area contributed by atoms with E-state index in [-0.39, 0.29) is 18.4 Å². The minimum Gasteiger partial charge on any atom is -0.459 e. The number of carbonyl (C=O) groups excluding carboxylic acids is 1. The van der Waals surface area contributed by atoms with Gasteiger partial charge in [-0.3, -0.25) is 4.79 Å². The second-order valence-corrected chi connectivity index (χ2v) is 7.41. The summed E-state index contributed by atoms with van der Waals surface area (Å²) in [5, 5.41) is 9.13. The Morgan fingerprint density at radius 2 is 1.89 bits per heavy atom. The Bertz CT molecular complexity index is 649. The minimum absolute atomic E-state index is 0.0285. The molecule has 6 heteroatoms. The van der Waals surface area contributed by atoms with Gasteiger partial charge in [-0.25, -0.2) is 0 Å². The maximum Gasteiger partial charge on any atom is 0.288 e. The lowest BCUT2D eigenvalue weighted by Gasteiger charge is -2.34. The quantitative estimate of drug-likeness (QED) is 0.827. The lowest BCUT2D eigenvalue weighted by Crippen LogP contribution is -2.43. The molecule has 2 aliphatic heterocycles. The topological polar surface area (TPSA) is 68.2 Å². The lowest BCUT2D eigenvalue weighted by atomic mass is 9.90. The number of morpholine rings is 1. The number of benzene rings is 1. The Labute approximate surface area is 160 Å². The van der Waals surface area contributed by atoms with Gasteiger partial charge < -0.3 is 24.2 Å². The maximum atomic E-state index is 12.8. The van der Waals surface area contributed by atoms with Gasteiger partial charge >= 0.3 is 0 Å². The SMILES string of the molecule is CC(C)C1C=C(C(=O)N2CCOCC2)OC(OCc2ccc(CO)cc2)C1. The summed E-state index contributed by atoms with van der Waals surface area (Å²) in [6, 6.07) is 7.63. The summed E-state index contributed by atoms with van der Waals surface area (Å²) in [5.74, 6) is 0.948. The molecule has 1 N–H and O–H groups in total. The molecule has 1 aromatic rings. The average Bonchev–Trinajstić information content (AvgIpc) is 2.72. The van der Waals surface area contributed by atoms with E-state index in [2.05, 4.69) is 13.8 Å². The summed E-state index contributed by atoms with van der Waals surface area (Å²) >= 11 is 0. The molecule has 1 aromatic carbocycles. The molecular weight excluding hydrogens is 346 g/mol. The third-order valence-corrected chi connectivity index (χ3v) is 5.10. The van der Waals surface area contributed by atoms with Gasteiger partial charge in [0.15, 0.2) is 5.76 Å². The Hall–Kier alpha value is -1.89. The van der Waals surface area contributed by atoms with E-state index in [9.17, 15) is 4.79 Å². The smallest absolute Gasteiger partial charge is 0.288 e. The second kappa shape index (κ2) is 9.35. The number of aliphatic hydroxyl groups is 1. The normalized spacial score (nSPS) is 23.1. The fourth-order valence-electron chi connectivity index (χ4n) is 3.25. The van der Waals surface area contributed by atoms with Gasteiger partial charge in [-0.1, -0.05) is 38.1 Å². The number of hydrogen-bond donors (Lipinski definition) is 1. The van der Waals surface area contributed by atoms with E-state index in [4.69, 9.17) is 19.3 Å². The third kappa shape index (κ3) is 5.31. The molecular formula is C21H29NO5. The molecule has 0 saturated carbocycles. The third-order valence-electron chi connectivity index (χ3n) is 5.10. The first-order valence-corrected chi connectivity index (χ1v) is 9.62. The van der Waals surface area contributed by atoms with E-state index in [1.807, 2.05) is 30.3 Å². The summed E-state index contributed by atoms with van der Waals surface area (Å²) < 4.78 is 17.2. The van der Waals surface area contributed by atoms with Crippen molar-refractivity contribution in [1.29, 1.82) is 0 Å². The zero-order valence-corrected chi connectivity index (χ0v) is 16.1. The van der Waals surface area contributed by atoms with Crippen LogP contribution in [0.4, 0.5) is 0 Å². The number of carbonyl (C=O) groups is 1. The summed E-state index contributed by atoms with van der Waals surface area (Å²) in [6.45, 7) is 7.04. The molecule has 0 radical (unpaired) electrons. The van der Waals surface area contributed by atoms with Crippen molar-refractivity contribution in [2.24, 2.45) is 11.8 Å². The Morgan fingerprint density at radius 1 is 1.22 bits per heavy atom. The van der Waals surface area contributed by atoms with E-state index in [0.717, 1.165) is 17.5 Å². The molecule has 2 unspecified atom stereocenters. The minimum atomic E-state index is -0.445. The summed E-state index contributed by atoms with van der Waals surface area (Å²) in [7, 11) is 0. The van der Waals surface area contributed by atoms with Gasteiger partial charge in [0.1, 0.15) is 0 Å². The van der Waals surface area contributed by atoms with Gasteiger partial charge in [0.25, 0.3) is 5.91 Å². The molecule has 0 bridgehead atoms. The van der Waals surface area contributed by atoms with Crippen LogP contribution >= 0.6 is 0 Å². The van der Waals surface area contributed by atoms with Gasteiger partial charge in [-0.05, 0) is 29.0 Å². The van der Waals surface area contributed by atoms with E-state index < -0.39 is 6.29 Å². The first-order chi connectivity index (χ1) is 13.1. The number of amides is 1. The predicted octanol–water partition coefficient (Wildman–Crippen LogP) is 2.46. The second-order valence-electron chi connectivity index (χ2n) is 7.41. The van der Waals surface area contributed by atoms with Crippen LogP contribution in [0, 0.1) is 11.8 Å². The number of rotatable bonds is 6. The van der Waals surface area contributed by atoms with Crippen LogP contribution in [0.1, 0.15) is 31.4 Å². The van der Waals surface area contributed by atoms with Crippen LogP contribution in [-0.4, -0.2) is 48.5 Å². The van der Waals surface area contributed by atoms with Crippen LogP contribution in [0.5, 0.6) is 0 Å². The Balaban J connectivity index is 1.63. The lowest BCUT2D eigenvalue weighted by molar-refractivity contribution is -0.161. The first kappa shape index (κ1) is 19.9. The van der Waals surface area contributed by atoms with E-state index in [1.54, 1.807) is 4.90 Å². The van der Waals surface area contributed by atoms with E-state index in [1.165, 1.54) is 0 Å². The standard InChI is InChI=1S/C21H29NO5/c1-15(2)18-11-19(21(24)22-7-9-25-10-8-22)27-20(12-18)26-14-17-5-3-16(13-23)4-6-17/h3-6,11,15,18,20,23H,7-10,12-14H2,1-2H3. The zero-order chi connectivity index (χ0) is 19.2. The molecule has 27 heavy (non-hydrogen) atoms. The molecule has 2 atom stereocenters. The predicted molar refractivity (Wildman–Crippen MR) is 100 cm³/mol. The highest BCUT2D eigenvalue weighted by Gasteiger charge is 2.32. The van der Waals surface area contributed by atoms with Gasteiger partial charge in [-0.2, -0.15) is 0 Å². The van der Waals surface area contributed by atoms with Gasteiger partial charge in [-0.15, -0.1) is 0 Å². The van der Waals surface area contributed by atoms with Crippen LogP contribution < -0.4 is 0 Å². The average molecular weight is 375 g/mol. The molecule has 0 aliphatic carbocycles. The molecule has 0 aromatic heterocycles. The summed E-state index contributed by atoms with van der Waals surface area (Å²) in [4.78, 5) is 14.6. The monoisotopic (exact) mass is 375 g/mol. The Morgan fingerprint density at radius 3 is 2.52 bits per heavy atom. The molecule has 2 aliphatic rings. The largest absolute Gasteiger partial charge is 0.459 e. The number of allylic oxidation sites excluding steroid dienone is 1. The van der Waals surface area contributed by atoms with Crippen LogP contribution in [0.15, 0.2) is 36.1 Å². The number of ether oxygens (including phenoxy) is 3. The van der Waals surface area contributed by atoms with Gasteiger partial charge in [0, 0.05) is 19.5 Å². The van der Waals surface area contributed by atoms with Crippen molar-refractivity contribution in [2.75, 3.05) is 26.3 Å². The van der Waals surface area contributed by atoms with Crippen molar-refractivity contribution in [3.05, 3.63) is 47.2 Å². The molecule has 1 amide bonds. The molecule has 2 heterocycles. The van der Waals surface area contributed by atoms with Gasteiger partial charge in [0.05, 0.1) is 26.4 Å². The molecule has 1 saturated heterocycles. The van der Waals surface area contributed by atoms with Crippen LogP contribution in [0.25, 0.3) is 0 Å². The summed E-state index contributed by atoms with van der Waals surface area (Å²) in [6.07, 6.45) is 2.24. The highest BCUT2D eigenvalue weighted by molar-refractivity contribution is 5.91. The van der Waals surface area contributed by atoms with Crippen LogP contribution in [0.2, 0.25) is 0 Å². The van der Waals surface area contributed by atoms with Crippen LogP contribution in [-0.2, 0) is 32.2 Å². The van der Waals surface area contributed by atoms with Gasteiger partial charge in [0.2, 0.25) is 6.29 Å². The summed E-state index contributed by atoms with van der Waals surface area (Å²) in [5.41, 5.74) is 1.88. The Kier molecular flexibility index (Phi) is 6.88. The molecule has 0 spiro atoms. The van der Waals surface area contributed by atoms with Crippen molar-refractivity contribution >= 4 is 5.91 Å². The van der Waals surface area contributed by atoms with Crippen molar-refractivity contribution in [1.82, 2.24) is 4.90 Å². The fourth-order valence-corrected chi connectivity index (χ4v) is 3.25. The van der Waals surface area contributed by atoms with E-state index in [0.29, 0.717) is 44.6 Å². The molecule has 6 nitrogen and oxygen atoms in total. The number of hydrogen-bond acceptors (Lipinski definition) is 5. The molecule has 3 rings (SSSR count). The van der Waals surface area contributed by atoms with Crippen molar-refractivity contribution in [3.63, 3.8) is 0 Å². The van der Waals surface area contributed by atoms with Crippen molar-refractivity contribution < 1.29 is 24.1 Å². The maximum absolute atomic E-state index is 12.8. The highest BCUT2D eigenvalue weighted by Crippen LogP contribution is 2.30. The van der Waals surface area contributed by atoms with Crippen molar-refractivity contribution in [2.45, 2.75) is 39.8 Å². The molecule has 148 valence electrons. The van der Waals surface area contributed by atoms with Crippen molar-refractivity contribution in [3.8, 4) is 0 Å². The number of aliphatic hydroxyl groups excluding tert-OH is 1. The van der Waals surface area contributed by atoms with E-state index >= 15 is 0 Å².